The Balaban J connectivity index is 1.56. The molecule has 9 heteroatoms. The Bertz CT molecular complexity index is 879. The Labute approximate surface area is 174 Å². The molecule has 3 rings (SSSR count). The minimum absolute atomic E-state index is 0.0261. The Hall–Kier alpha value is -3.10. The molecule has 30 heavy (non-hydrogen) atoms. The highest BCUT2D eigenvalue weighted by Crippen LogP contribution is 2.20. The largest absolute Gasteiger partial charge is 0.343 e. The van der Waals surface area contributed by atoms with Gasteiger partial charge in [-0.05, 0) is 31.4 Å². The van der Waals surface area contributed by atoms with Crippen LogP contribution in [-0.2, 0) is 4.79 Å². The molecule has 1 N–H and O–H groups in total. The number of benzene rings is 1. The fourth-order valence-electron chi connectivity index (χ4n) is 3.48. The first-order chi connectivity index (χ1) is 14.4. The third-order valence-corrected chi connectivity index (χ3v) is 5.19. The number of anilines is 1. The number of aromatic nitrogens is 2. The average Bonchev–Trinajstić information content (AvgIpc) is 2.73. The second-order valence-corrected chi connectivity index (χ2v) is 7.35. The first-order valence-corrected chi connectivity index (χ1v) is 9.97. The van der Waals surface area contributed by atoms with Gasteiger partial charge in [-0.1, -0.05) is 6.92 Å². The van der Waals surface area contributed by atoms with E-state index in [0.717, 1.165) is 37.5 Å². The summed E-state index contributed by atoms with van der Waals surface area (Å²) in [5, 5.41) is 2.68. The molecule has 3 amide bonds. The van der Waals surface area contributed by atoms with E-state index in [2.05, 4.69) is 15.3 Å². The van der Waals surface area contributed by atoms with Gasteiger partial charge in [0, 0.05) is 44.2 Å². The van der Waals surface area contributed by atoms with Crippen molar-refractivity contribution in [2.24, 2.45) is 0 Å². The van der Waals surface area contributed by atoms with E-state index >= 15 is 0 Å². The van der Waals surface area contributed by atoms with E-state index in [1.807, 2.05) is 11.8 Å². The normalized spacial score (nSPS) is 14.5. The van der Waals surface area contributed by atoms with Crippen LogP contribution in [0.2, 0.25) is 0 Å². The summed E-state index contributed by atoms with van der Waals surface area (Å²) in [6.07, 6.45) is 5.51. The third-order valence-electron chi connectivity index (χ3n) is 5.19. The van der Waals surface area contributed by atoms with Crippen molar-refractivity contribution in [2.45, 2.75) is 38.6 Å². The van der Waals surface area contributed by atoms with Crippen molar-refractivity contribution >= 4 is 17.8 Å². The first-order valence-electron chi connectivity index (χ1n) is 9.97. The predicted molar refractivity (Wildman–Crippen MR) is 109 cm³/mol. The summed E-state index contributed by atoms with van der Waals surface area (Å²) < 4.78 is 26.7. The second-order valence-electron chi connectivity index (χ2n) is 7.35. The molecule has 0 radical (unpaired) electrons. The quantitative estimate of drug-likeness (QED) is 0.805. The zero-order valence-electron chi connectivity index (χ0n) is 17.1. The topological polar surface area (TPSA) is 78.4 Å². The van der Waals surface area contributed by atoms with Gasteiger partial charge in [0.15, 0.2) is 5.82 Å². The van der Waals surface area contributed by atoms with Crippen molar-refractivity contribution in [3.05, 3.63) is 42.2 Å². The van der Waals surface area contributed by atoms with E-state index in [0.29, 0.717) is 25.2 Å². The molecule has 0 saturated carbocycles. The lowest BCUT2D eigenvalue weighted by Crippen LogP contribution is -2.48. The number of hydrogen-bond acceptors (Lipinski definition) is 4. The van der Waals surface area contributed by atoms with Crippen molar-refractivity contribution in [1.29, 1.82) is 0 Å². The van der Waals surface area contributed by atoms with Crippen LogP contribution in [0, 0.1) is 11.6 Å². The van der Waals surface area contributed by atoms with Crippen molar-refractivity contribution in [3.63, 3.8) is 0 Å². The molecule has 1 aromatic carbocycles. The number of halogens is 2. The van der Waals surface area contributed by atoms with Crippen LogP contribution in [0.3, 0.4) is 0 Å². The summed E-state index contributed by atoms with van der Waals surface area (Å²) in [6.45, 7) is 3.26. The van der Waals surface area contributed by atoms with E-state index in [4.69, 9.17) is 0 Å². The highest BCUT2D eigenvalue weighted by Gasteiger charge is 2.27. The summed E-state index contributed by atoms with van der Waals surface area (Å²) in [5.41, 5.74) is 0.559. The highest BCUT2D eigenvalue weighted by molar-refractivity contribution is 5.88. The number of hydrogen-bond donors (Lipinski definition) is 1. The summed E-state index contributed by atoms with van der Waals surface area (Å²) in [7, 11) is 1.71. The van der Waals surface area contributed by atoms with Crippen LogP contribution in [0.1, 0.15) is 32.6 Å². The zero-order chi connectivity index (χ0) is 21.7. The van der Waals surface area contributed by atoms with Crippen LogP contribution in [-0.4, -0.2) is 57.9 Å². The third kappa shape index (κ3) is 5.28. The van der Waals surface area contributed by atoms with Gasteiger partial charge in [-0.15, -0.1) is 0 Å². The lowest BCUT2D eigenvalue weighted by atomic mass is 10.0. The number of likely N-dealkylation sites (tertiary alicyclic amines) is 1. The molecule has 0 spiro atoms. The maximum Gasteiger partial charge on any atom is 0.323 e. The number of piperidine rings is 1. The predicted octanol–water partition coefficient (Wildman–Crippen LogP) is 3.68. The molecule has 0 unspecified atom stereocenters. The summed E-state index contributed by atoms with van der Waals surface area (Å²) in [4.78, 5) is 36.2. The van der Waals surface area contributed by atoms with Crippen molar-refractivity contribution in [2.75, 3.05) is 25.5 Å². The number of carbonyl (C=O) groups is 2. The number of nitrogens with one attached hydrogen (secondary N) is 1. The molecular weight excluding hydrogens is 392 g/mol. The fourth-order valence-corrected chi connectivity index (χ4v) is 3.48. The van der Waals surface area contributed by atoms with Gasteiger partial charge in [0.2, 0.25) is 5.91 Å². The van der Waals surface area contributed by atoms with Gasteiger partial charge in [0.25, 0.3) is 0 Å². The van der Waals surface area contributed by atoms with Crippen LogP contribution in [0.25, 0.3) is 11.3 Å². The first kappa shape index (κ1) is 21.6. The van der Waals surface area contributed by atoms with Crippen LogP contribution in [0.15, 0.2) is 30.6 Å². The fraction of sp³-hybridized carbons (Fsp3) is 0.429. The van der Waals surface area contributed by atoms with Gasteiger partial charge >= 0.3 is 6.03 Å². The standard InChI is InChI=1S/C21H25F2N5O2/c1-3-4-20(29)28-7-5-17(6-8-28)27(2)21(30)26-19-13-24-18(12-25-19)14-9-15(22)11-16(23)10-14/h9-13,17H,3-8H2,1-2H3,(H,25,26,30). The van der Waals surface area contributed by atoms with Gasteiger partial charge in [-0.25, -0.2) is 18.6 Å². The van der Waals surface area contributed by atoms with Crippen LogP contribution in [0.5, 0.6) is 0 Å². The molecule has 1 fully saturated rings. The Morgan fingerprint density at radius 2 is 1.80 bits per heavy atom. The van der Waals surface area contributed by atoms with Crippen LogP contribution in [0.4, 0.5) is 19.4 Å². The Morgan fingerprint density at radius 3 is 2.37 bits per heavy atom. The molecule has 2 aromatic rings. The molecular formula is C21H25F2N5O2. The van der Waals surface area contributed by atoms with Gasteiger partial charge in [-0.2, -0.15) is 0 Å². The molecule has 0 aliphatic carbocycles. The van der Waals surface area contributed by atoms with Crippen molar-refractivity contribution in [3.8, 4) is 11.3 Å². The van der Waals surface area contributed by atoms with E-state index in [1.54, 1.807) is 11.9 Å². The Kier molecular flexibility index (Phi) is 6.91. The smallest absolute Gasteiger partial charge is 0.323 e. The number of rotatable bonds is 5. The molecule has 1 saturated heterocycles. The lowest BCUT2D eigenvalue weighted by Gasteiger charge is -2.36. The minimum atomic E-state index is -0.701. The molecule has 1 aliphatic heterocycles. The van der Waals surface area contributed by atoms with Crippen LogP contribution >= 0.6 is 0 Å². The molecule has 0 atom stereocenters. The second kappa shape index (κ2) is 9.60. The lowest BCUT2D eigenvalue weighted by molar-refractivity contribution is -0.132. The van der Waals surface area contributed by atoms with E-state index < -0.39 is 11.6 Å². The van der Waals surface area contributed by atoms with Gasteiger partial charge < -0.3 is 9.80 Å². The molecule has 2 heterocycles. The highest BCUT2D eigenvalue weighted by atomic mass is 19.1. The maximum absolute atomic E-state index is 13.4. The molecule has 1 aliphatic rings. The minimum Gasteiger partial charge on any atom is -0.343 e. The zero-order valence-corrected chi connectivity index (χ0v) is 17.1. The number of nitrogens with zero attached hydrogens (tertiary/aromatic N) is 4. The molecule has 0 bridgehead atoms. The van der Waals surface area contributed by atoms with E-state index in [1.165, 1.54) is 12.4 Å². The SMILES string of the molecule is CCCC(=O)N1CCC(N(C)C(=O)Nc2cnc(-c3cc(F)cc(F)c3)cn2)CC1. The van der Waals surface area contributed by atoms with Crippen LogP contribution < -0.4 is 5.32 Å². The summed E-state index contributed by atoms with van der Waals surface area (Å²) >= 11 is 0. The van der Waals surface area contributed by atoms with Gasteiger partial charge in [0.05, 0.1) is 18.1 Å². The summed E-state index contributed by atoms with van der Waals surface area (Å²) in [6, 6.07) is 2.81. The summed E-state index contributed by atoms with van der Waals surface area (Å²) in [5.74, 6) is -0.999. The van der Waals surface area contributed by atoms with Crippen molar-refractivity contribution in [1.82, 2.24) is 19.8 Å². The molecule has 1 aromatic heterocycles. The van der Waals surface area contributed by atoms with E-state index in [-0.39, 0.29) is 29.4 Å². The maximum atomic E-state index is 13.4. The number of urea groups is 1. The van der Waals surface area contributed by atoms with Gasteiger partial charge in [-0.3, -0.25) is 15.1 Å². The van der Waals surface area contributed by atoms with Gasteiger partial charge in [0.1, 0.15) is 11.6 Å². The molecule has 7 nitrogen and oxygen atoms in total. The number of amides is 3. The molecule has 160 valence electrons. The van der Waals surface area contributed by atoms with E-state index in [9.17, 15) is 18.4 Å². The Morgan fingerprint density at radius 1 is 1.13 bits per heavy atom. The van der Waals surface area contributed by atoms with Crippen molar-refractivity contribution < 1.29 is 18.4 Å². The monoisotopic (exact) mass is 417 g/mol. The number of carbonyl (C=O) groups excluding carboxylic acids is 2. The average molecular weight is 417 g/mol.